The van der Waals surface area contributed by atoms with Crippen molar-refractivity contribution in [1.29, 1.82) is 0 Å². The van der Waals surface area contributed by atoms with E-state index in [0.29, 0.717) is 0 Å². The first-order valence-electron chi connectivity index (χ1n) is 3.03. The Morgan fingerprint density at radius 3 is 2.15 bits per heavy atom. The monoisotopic (exact) mass is 275 g/mol. The van der Waals surface area contributed by atoms with Gasteiger partial charge < -0.3 is 5.73 Å². The van der Waals surface area contributed by atoms with Crippen LogP contribution in [0.4, 0.5) is 18.9 Å². The quantitative estimate of drug-likeness (QED) is 0.721. The minimum absolute atomic E-state index is 0. The van der Waals surface area contributed by atoms with E-state index in [1.807, 2.05) is 0 Å². The van der Waals surface area contributed by atoms with Gasteiger partial charge in [-0.15, -0.1) is 12.4 Å². The van der Waals surface area contributed by atoms with Crippen molar-refractivity contribution in [1.82, 2.24) is 0 Å². The van der Waals surface area contributed by atoms with Crippen LogP contribution in [-0.4, -0.2) is 0 Å². The Morgan fingerprint density at radius 1 is 1.23 bits per heavy atom. The lowest BCUT2D eigenvalue weighted by Gasteiger charge is -2.08. The largest absolute Gasteiger partial charge is 0.417 e. The standard InChI is InChI=1S/C7H5BrF3N.ClH/c8-6-2-1-4(12)3-5(6)7(9,10)11;/h1-3H,12H2;1H. The number of rotatable bonds is 0. The highest BCUT2D eigenvalue weighted by Gasteiger charge is 2.32. The van der Waals surface area contributed by atoms with E-state index >= 15 is 0 Å². The van der Waals surface area contributed by atoms with E-state index in [1.54, 1.807) is 0 Å². The molecule has 0 aliphatic carbocycles. The Labute approximate surface area is 87.7 Å². The molecule has 1 aromatic carbocycles. The molecule has 74 valence electrons. The number of hydrogen-bond acceptors (Lipinski definition) is 1. The molecule has 0 fully saturated rings. The third-order valence-corrected chi connectivity index (χ3v) is 1.99. The molecule has 1 rings (SSSR count). The van der Waals surface area contributed by atoms with Gasteiger partial charge in [0, 0.05) is 10.2 Å². The summed E-state index contributed by atoms with van der Waals surface area (Å²) in [6, 6.07) is 3.57. The molecule has 0 heterocycles. The summed E-state index contributed by atoms with van der Waals surface area (Å²) < 4.78 is 36.4. The van der Waals surface area contributed by atoms with Crippen LogP contribution in [0.2, 0.25) is 0 Å². The van der Waals surface area contributed by atoms with Gasteiger partial charge in [0.15, 0.2) is 0 Å². The minimum atomic E-state index is -4.35. The number of nitrogens with two attached hydrogens (primary N) is 1. The highest BCUT2D eigenvalue weighted by Crippen LogP contribution is 2.35. The summed E-state index contributed by atoms with van der Waals surface area (Å²) >= 11 is 2.79. The molecule has 1 aromatic rings. The third kappa shape index (κ3) is 3.08. The second-order valence-corrected chi connectivity index (χ2v) is 3.09. The summed E-state index contributed by atoms with van der Waals surface area (Å²) in [5, 5.41) is 0. The molecule has 2 N–H and O–H groups in total. The van der Waals surface area contributed by atoms with Crippen molar-refractivity contribution in [3.63, 3.8) is 0 Å². The SMILES string of the molecule is Cl.Nc1ccc(Br)c(C(F)(F)F)c1. The molecule has 0 saturated heterocycles. The van der Waals surface area contributed by atoms with Crippen LogP contribution >= 0.6 is 28.3 Å². The summed E-state index contributed by atoms with van der Waals surface area (Å²) in [6.45, 7) is 0. The van der Waals surface area contributed by atoms with Crippen LogP contribution in [0.3, 0.4) is 0 Å². The highest BCUT2D eigenvalue weighted by molar-refractivity contribution is 9.10. The average molecular weight is 276 g/mol. The normalized spacial score (nSPS) is 10.8. The lowest BCUT2D eigenvalue weighted by atomic mass is 10.2. The molecule has 0 aliphatic heterocycles. The van der Waals surface area contributed by atoms with E-state index in [2.05, 4.69) is 15.9 Å². The molecule has 0 bridgehead atoms. The third-order valence-electron chi connectivity index (χ3n) is 1.30. The van der Waals surface area contributed by atoms with E-state index in [-0.39, 0.29) is 22.6 Å². The number of anilines is 1. The molecule has 0 radical (unpaired) electrons. The first-order chi connectivity index (χ1) is 5.41. The lowest BCUT2D eigenvalue weighted by Crippen LogP contribution is -2.06. The van der Waals surface area contributed by atoms with Gasteiger partial charge in [0.1, 0.15) is 0 Å². The fraction of sp³-hybridized carbons (Fsp3) is 0.143. The van der Waals surface area contributed by atoms with Crippen LogP contribution in [0, 0.1) is 0 Å². The molecule has 0 amide bonds. The fourth-order valence-corrected chi connectivity index (χ4v) is 1.23. The molecule has 0 aliphatic rings. The van der Waals surface area contributed by atoms with Gasteiger partial charge in [0.2, 0.25) is 0 Å². The fourth-order valence-electron chi connectivity index (χ4n) is 0.760. The zero-order chi connectivity index (χ0) is 9.35. The van der Waals surface area contributed by atoms with Gasteiger partial charge in [-0.2, -0.15) is 13.2 Å². The molecule has 0 atom stereocenters. The van der Waals surface area contributed by atoms with Crippen molar-refractivity contribution in [3.05, 3.63) is 28.2 Å². The van der Waals surface area contributed by atoms with Gasteiger partial charge in [0.25, 0.3) is 0 Å². The molecular formula is C7H6BrClF3N. The molecule has 6 heteroatoms. The average Bonchev–Trinajstić information content (AvgIpc) is 1.92. The number of alkyl halides is 3. The van der Waals surface area contributed by atoms with Gasteiger partial charge in [-0.25, -0.2) is 0 Å². The van der Waals surface area contributed by atoms with E-state index in [1.165, 1.54) is 12.1 Å². The minimum Gasteiger partial charge on any atom is -0.399 e. The summed E-state index contributed by atoms with van der Waals surface area (Å²) in [4.78, 5) is 0. The molecule has 0 saturated carbocycles. The summed E-state index contributed by atoms with van der Waals surface area (Å²) in [5.41, 5.74) is 4.56. The Morgan fingerprint density at radius 2 is 1.77 bits per heavy atom. The maximum absolute atomic E-state index is 12.1. The maximum Gasteiger partial charge on any atom is 0.417 e. The molecule has 0 spiro atoms. The molecule has 13 heavy (non-hydrogen) atoms. The van der Waals surface area contributed by atoms with E-state index in [0.717, 1.165) is 6.07 Å². The summed E-state index contributed by atoms with van der Waals surface area (Å²) in [6.07, 6.45) is -4.35. The molecule has 1 nitrogen and oxygen atoms in total. The predicted molar refractivity (Wildman–Crippen MR) is 50.8 cm³/mol. The smallest absolute Gasteiger partial charge is 0.399 e. The van der Waals surface area contributed by atoms with Gasteiger partial charge in [-0.05, 0) is 18.2 Å². The van der Waals surface area contributed by atoms with Gasteiger partial charge >= 0.3 is 6.18 Å². The van der Waals surface area contributed by atoms with Crippen molar-refractivity contribution in [2.75, 3.05) is 5.73 Å². The van der Waals surface area contributed by atoms with Crippen LogP contribution in [0.1, 0.15) is 5.56 Å². The van der Waals surface area contributed by atoms with Crippen molar-refractivity contribution < 1.29 is 13.2 Å². The Hall–Kier alpha value is -0.420. The van der Waals surface area contributed by atoms with E-state index < -0.39 is 11.7 Å². The molecule has 0 aromatic heterocycles. The molecule has 0 unspecified atom stereocenters. The van der Waals surface area contributed by atoms with Crippen LogP contribution in [0.15, 0.2) is 22.7 Å². The van der Waals surface area contributed by atoms with Crippen LogP contribution in [-0.2, 0) is 6.18 Å². The van der Waals surface area contributed by atoms with Crippen molar-refractivity contribution in [2.24, 2.45) is 0 Å². The summed E-state index contributed by atoms with van der Waals surface area (Å²) in [5.74, 6) is 0. The van der Waals surface area contributed by atoms with Crippen molar-refractivity contribution in [2.45, 2.75) is 6.18 Å². The van der Waals surface area contributed by atoms with Crippen LogP contribution in [0.5, 0.6) is 0 Å². The zero-order valence-corrected chi connectivity index (χ0v) is 8.63. The first-order valence-corrected chi connectivity index (χ1v) is 3.83. The van der Waals surface area contributed by atoms with Gasteiger partial charge in [-0.3, -0.25) is 0 Å². The number of halogens is 5. The van der Waals surface area contributed by atoms with E-state index in [9.17, 15) is 13.2 Å². The number of nitrogen functional groups attached to an aromatic ring is 1. The Balaban J connectivity index is 0.00000144. The van der Waals surface area contributed by atoms with Crippen molar-refractivity contribution in [3.8, 4) is 0 Å². The number of benzene rings is 1. The second-order valence-electron chi connectivity index (χ2n) is 2.24. The summed E-state index contributed by atoms with van der Waals surface area (Å²) in [7, 11) is 0. The zero-order valence-electron chi connectivity index (χ0n) is 6.23. The first kappa shape index (κ1) is 12.6. The van der Waals surface area contributed by atoms with Crippen molar-refractivity contribution >= 4 is 34.0 Å². The second kappa shape index (κ2) is 4.19. The van der Waals surface area contributed by atoms with Gasteiger partial charge in [0.05, 0.1) is 5.56 Å². The topological polar surface area (TPSA) is 26.0 Å². The van der Waals surface area contributed by atoms with Crippen LogP contribution < -0.4 is 5.73 Å². The number of hydrogen-bond donors (Lipinski definition) is 1. The van der Waals surface area contributed by atoms with E-state index in [4.69, 9.17) is 5.73 Å². The maximum atomic E-state index is 12.1. The molecular weight excluding hydrogens is 270 g/mol. The van der Waals surface area contributed by atoms with Gasteiger partial charge in [-0.1, -0.05) is 15.9 Å². The van der Waals surface area contributed by atoms with Crippen LogP contribution in [0.25, 0.3) is 0 Å². The Bertz CT molecular complexity index is 300. The Kier molecular flexibility index (Phi) is 4.06. The lowest BCUT2D eigenvalue weighted by molar-refractivity contribution is -0.138. The predicted octanol–water partition coefficient (Wildman–Crippen LogP) is 3.47. The highest BCUT2D eigenvalue weighted by atomic mass is 79.9.